The van der Waals surface area contributed by atoms with Crippen molar-refractivity contribution in [1.82, 2.24) is 15.3 Å². The first-order chi connectivity index (χ1) is 8.11. The van der Waals surface area contributed by atoms with Crippen LogP contribution in [-0.4, -0.2) is 30.1 Å². The van der Waals surface area contributed by atoms with Crippen LogP contribution in [-0.2, 0) is 6.54 Å². The van der Waals surface area contributed by atoms with E-state index in [2.05, 4.69) is 34.0 Å². The van der Waals surface area contributed by atoms with Crippen molar-refractivity contribution in [1.29, 1.82) is 0 Å². The quantitative estimate of drug-likeness (QED) is 0.866. The Morgan fingerprint density at radius 2 is 2.24 bits per heavy atom. The van der Waals surface area contributed by atoms with Crippen LogP contribution in [0.15, 0.2) is 12.4 Å². The van der Waals surface area contributed by atoms with E-state index in [9.17, 15) is 0 Å². The summed E-state index contributed by atoms with van der Waals surface area (Å²) in [4.78, 5) is 11.3. The van der Waals surface area contributed by atoms with E-state index in [1.807, 2.05) is 19.4 Å². The van der Waals surface area contributed by atoms with Crippen LogP contribution in [0.2, 0.25) is 0 Å². The first kappa shape index (κ1) is 12.3. The lowest BCUT2D eigenvalue weighted by atomic mass is 9.84. The minimum atomic E-state index is 0.388. The summed E-state index contributed by atoms with van der Waals surface area (Å²) >= 11 is 0. The highest BCUT2D eigenvalue weighted by atomic mass is 15.2. The van der Waals surface area contributed by atoms with Gasteiger partial charge in [-0.15, -0.1) is 0 Å². The lowest BCUT2D eigenvalue weighted by molar-refractivity contribution is 0.292. The topological polar surface area (TPSA) is 41.1 Å². The van der Waals surface area contributed by atoms with Crippen molar-refractivity contribution in [3.05, 3.63) is 18.1 Å². The molecule has 1 aromatic rings. The zero-order valence-corrected chi connectivity index (χ0v) is 11.0. The molecule has 0 aliphatic carbocycles. The molecule has 0 bridgehead atoms. The monoisotopic (exact) mass is 234 g/mol. The van der Waals surface area contributed by atoms with Crippen molar-refractivity contribution < 1.29 is 0 Å². The van der Waals surface area contributed by atoms with Crippen LogP contribution < -0.4 is 10.2 Å². The maximum absolute atomic E-state index is 4.65. The molecule has 1 aliphatic rings. The Morgan fingerprint density at radius 3 is 2.94 bits per heavy atom. The molecule has 1 aliphatic heterocycles. The van der Waals surface area contributed by atoms with Crippen LogP contribution in [0.25, 0.3) is 0 Å². The van der Waals surface area contributed by atoms with Gasteiger partial charge in [-0.1, -0.05) is 13.8 Å². The van der Waals surface area contributed by atoms with Crippen molar-refractivity contribution in [2.24, 2.45) is 5.41 Å². The smallest absolute Gasteiger partial charge is 0.147 e. The normalized spacial score (nSPS) is 19.4. The Morgan fingerprint density at radius 1 is 1.41 bits per heavy atom. The SMILES string of the molecule is CNCc1cncc(N2CCCC(C)(C)C2)n1. The van der Waals surface area contributed by atoms with Crippen LogP contribution in [0.3, 0.4) is 0 Å². The predicted molar refractivity (Wildman–Crippen MR) is 70.0 cm³/mol. The van der Waals surface area contributed by atoms with Crippen molar-refractivity contribution in [3.63, 3.8) is 0 Å². The second-order valence-electron chi connectivity index (χ2n) is 5.59. The summed E-state index contributed by atoms with van der Waals surface area (Å²) in [6.45, 7) is 7.60. The maximum Gasteiger partial charge on any atom is 0.147 e. The summed E-state index contributed by atoms with van der Waals surface area (Å²) in [5.41, 5.74) is 1.40. The molecule has 1 N–H and O–H groups in total. The zero-order chi connectivity index (χ0) is 12.3. The van der Waals surface area contributed by atoms with Gasteiger partial charge in [-0.3, -0.25) is 4.98 Å². The van der Waals surface area contributed by atoms with Gasteiger partial charge < -0.3 is 10.2 Å². The number of hydrogen-bond acceptors (Lipinski definition) is 4. The van der Waals surface area contributed by atoms with Gasteiger partial charge in [0.25, 0.3) is 0 Å². The zero-order valence-electron chi connectivity index (χ0n) is 11.0. The molecule has 94 valence electrons. The number of rotatable bonds is 3. The van der Waals surface area contributed by atoms with Crippen molar-refractivity contribution >= 4 is 5.82 Å². The molecule has 1 aromatic heterocycles. The van der Waals surface area contributed by atoms with Crippen LogP contribution in [0.1, 0.15) is 32.4 Å². The molecule has 0 unspecified atom stereocenters. The molecule has 0 spiro atoms. The maximum atomic E-state index is 4.65. The highest BCUT2D eigenvalue weighted by Gasteiger charge is 2.27. The third-order valence-electron chi connectivity index (χ3n) is 3.25. The average Bonchev–Trinajstić information content (AvgIpc) is 2.28. The van der Waals surface area contributed by atoms with E-state index < -0.39 is 0 Å². The lowest BCUT2D eigenvalue weighted by Gasteiger charge is -2.38. The number of anilines is 1. The Balaban J connectivity index is 2.13. The number of aromatic nitrogens is 2. The second-order valence-corrected chi connectivity index (χ2v) is 5.59. The minimum absolute atomic E-state index is 0.388. The van der Waals surface area contributed by atoms with E-state index in [1.165, 1.54) is 12.8 Å². The van der Waals surface area contributed by atoms with Gasteiger partial charge in [0.05, 0.1) is 11.9 Å². The number of nitrogens with zero attached hydrogens (tertiary/aromatic N) is 3. The number of piperidine rings is 1. The Labute approximate surface area is 103 Å². The average molecular weight is 234 g/mol. The fraction of sp³-hybridized carbons (Fsp3) is 0.692. The summed E-state index contributed by atoms with van der Waals surface area (Å²) < 4.78 is 0. The molecular formula is C13H22N4. The molecule has 1 saturated heterocycles. The van der Waals surface area contributed by atoms with Crippen LogP contribution in [0.5, 0.6) is 0 Å². The Hall–Kier alpha value is -1.16. The predicted octanol–water partition coefficient (Wildman–Crippen LogP) is 1.82. The van der Waals surface area contributed by atoms with Gasteiger partial charge in [-0.25, -0.2) is 4.98 Å². The lowest BCUT2D eigenvalue weighted by Crippen LogP contribution is -2.40. The van der Waals surface area contributed by atoms with Crippen LogP contribution in [0, 0.1) is 5.41 Å². The molecule has 2 heterocycles. The van der Waals surface area contributed by atoms with Crippen molar-refractivity contribution in [3.8, 4) is 0 Å². The van der Waals surface area contributed by atoms with E-state index in [0.717, 1.165) is 31.1 Å². The van der Waals surface area contributed by atoms with E-state index in [1.54, 1.807) is 0 Å². The molecule has 0 radical (unpaired) electrons. The van der Waals surface area contributed by atoms with Gasteiger partial charge in [0.15, 0.2) is 0 Å². The highest BCUT2D eigenvalue weighted by Crippen LogP contribution is 2.30. The third kappa shape index (κ3) is 3.16. The molecule has 4 nitrogen and oxygen atoms in total. The first-order valence-electron chi connectivity index (χ1n) is 6.31. The van der Waals surface area contributed by atoms with Gasteiger partial charge in [-0.2, -0.15) is 0 Å². The summed E-state index contributed by atoms with van der Waals surface area (Å²) in [5, 5.41) is 3.11. The number of nitrogens with one attached hydrogen (secondary N) is 1. The second kappa shape index (κ2) is 5.00. The molecule has 0 saturated carbocycles. The highest BCUT2D eigenvalue weighted by molar-refractivity contribution is 5.37. The molecule has 0 aromatic carbocycles. The van der Waals surface area contributed by atoms with Crippen LogP contribution >= 0.6 is 0 Å². The molecule has 2 rings (SSSR count). The van der Waals surface area contributed by atoms with Gasteiger partial charge in [0.2, 0.25) is 0 Å². The molecule has 0 amide bonds. The summed E-state index contributed by atoms with van der Waals surface area (Å²) in [6, 6.07) is 0. The fourth-order valence-corrected chi connectivity index (χ4v) is 2.43. The van der Waals surface area contributed by atoms with Crippen molar-refractivity contribution in [2.45, 2.75) is 33.2 Å². The Bertz CT molecular complexity index is 375. The Kier molecular flexibility index (Phi) is 3.62. The van der Waals surface area contributed by atoms with E-state index in [-0.39, 0.29) is 0 Å². The summed E-state index contributed by atoms with van der Waals surface area (Å²) in [5.74, 6) is 1.02. The molecule has 1 fully saturated rings. The van der Waals surface area contributed by atoms with E-state index in [4.69, 9.17) is 0 Å². The van der Waals surface area contributed by atoms with Gasteiger partial charge in [-0.05, 0) is 25.3 Å². The van der Waals surface area contributed by atoms with E-state index in [0.29, 0.717) is 5.41 Å². The molecule has 17 heavy (non-hydrogen) atoms. The summed E-state index contributed by atoms with van der Waals surface area (Å²) in [6.07, 6.45) is 6.24. The first-order valence-corrected chi connectivity index (χ1v) is 6.31. The van der Waals surface area contributed by atoms with Gasteiger partial charge >= 0.3 is 0 Å². The standard InChI is InChI=1S/C13H22N4/c1-13(2)5-4-6-17(10-13)12-9-15-8-11(16-12)7-14-3/h8-9,14H,4-7,10H2,1-3H3. The largest absolute Gasteiger partial charge is 0.355 e. The summed E-state index contributed by atoms with van der Waals surface area (Å²) in [7, 11) is 1.93. The third-order valence-corrected chi connectivity index (χ3v) is 3.25. The number of hydrogen-bond donors (Lipinski definition) is 1. The van der Waals surface area contributed by atoms with Gasteiger partial charge in [0.1, 0.15) is 5.82 Å². The minimum Gasteiger partial charge on any atom is -0.355 e. The fourth-order valence-electron chi connectivity index (χ4n) is 2.43. The van der Waals surface area contributed by atoms with Gasteiger partial charge in [0, 0.05) is 25.8 Å². The molecule has 0 atom stereocenters. The molecule has 4 heteroatoms. The van der Waals surface area contributed by atoms with Crippen molar-refractivity contribution in [2.75, 3.05) is 25.0 Å². The molecular weight excluding hydrogens is 212 g/mol. The van der Waals surface area contributed by atoms with Crippen LogP contribution in [0.4, 0.5) is 5.82 Å². The van der Waals surface area contributed by atoms with E-state index >= 15 is 0 Å².